The van der Waals surface area contributed by atoms with Gasteiger partial charge in [-0.25, -0.2) is 4.98 Å². The molecule has 0 amide bonds. The summed E-state index contributed by atoms with van der Waals surface area (Å²) >= 11 is 9.88. The molecule has 2 atom stereocenters. The molecule has 13 heavy (non-hydrogen) atoms. The predicted molar refractivity (Wildman–Crippen MR) is 61.0 cm³/mol. The zero-order valence-electron chi connectivity index (χ0n) is 7.50. The van der Waals surface area contributed by atoms with Crippen molar-refractivity contribution in [1.29, 1.82) is 0 Å². The number of aryl methyl sites for hydroxylation is 1. The first-order chi connectivity index (χ1) is 6.25. The molecule has 0 saturated carbocycles. The summed E-state index contributed by atoms with van der Waals surface area (Å²) in [6.07, 6.45) is 1.06. The minimum Gasteiger partial charge on any atom is -0.247 e. The molecule has 0 radical (unpaired) electrons. The summed E-state index contributed by atoms with van der Waals surface area (Å²) in [6.45, 7) is 2.05. The molecule has 1 fully saturated rings. The second-order valence-electron chi connectivity index (χ2n) is 3.38. The first-order valence-corrected chi connectivity index (χ1v) is 6.85. The van der Waals surface area contributed by atoms with Crippen LogP contribution in [0, 0.1) is 12.8 Å². The fourth-order valence-corrected chi connectivity index (χ4v) is 3.99. The van der Waals surface area contributed by atoms with E-state index in [1.165, 1.54) is 11.4 Å². The van der Waals surface area contributed by atoms with Crippen LogP contribution in [0.1, 0.15) is 10.7 Å². The van der Waals surface area contributed by atoms with E-state index in [-0.39, 0.29) is 0 Å². The van der Waals surface area contributed by atoms with Gasteiger partial charge in [-0.05, 0) is 25.0 Å². The summed E-state index contributed by atoms with van der Waals surface area (Å²) in [5, 5.41) is 3.67. The molecule has 0 aliphatic carbocycles. The Morgan fingerprint density at radius 1 is 1.62 bits per heavy atom. The lowest BCUT2D eigenvalue weighted by molar-refractivity contribution is 0.595. The molecule has 1 aromatic rings. The van der Waals surface area contributed by atoms with E-state index in [1.54, 1.807) is 11.3 Å². The van der Waals surface area contributed by atoms with Gasteiger partial charge < -0.3 is 0 Å². The average molecular weight is 234 g/mol. The van der Waals surface area contributed by atoms with Crippen LogP contribution >= 0.6 is 34.7 Å². The standard InChI is InChI=1S/C9H12ClNS2/c1-6-11-8(4-13-6)2-7-3-12-5-9(7)10/h4,7,9H,2-3,5H2,1H3. The predicted octanol–water partition coefficient (Wildman–Crippen LogP) is 2.96. The van der Waals surface area contributed by atoms with E-state index in [9.17, 15) is 0 Å². The van der Waals surface area contributed by atoms with Gasteiger partial charge in [0.05, 0.1) is 10.7 Å². The molecule has 2 rings (SSSR count). The summed E-state index contributed by atoms with van der Waals surface area (Å²) in [7, 11) is 0. The van der Waals surface area contributed by atoms with E-state index in [1.807, 2.05) is 11.8 Å². The van der Waals surface area contributed by atoms with Gasteiger partial charge in [0.1, 0.15) is 0 Å². The molecule has 1 aliphatic rings. The second kappa shape index (κ2) is 4.20. The molecule has 0 aromatic carbocycles. The Morgan fingerprint density at radius 3 is 3.00 bits per heavy atom. The van der Waals surface area contributed by atoms with E-state index in [0.717, 1.165) is 17.2 Å². The fourth-order valence-electron chi connectivity index (χ4n) is 1.53. The first-order valence-electron chi connectivity index (χ1n) is 4.38. The molecule has 2 unspecified atom stereocenters. The first kappa shape index (κ1) is 9.81. The number of alkyl halides is 1. The highest BCUT2D eigenvalue weighted by Gasteiger charge is 2.26. The monoisotopic (exact) mass is 233 g/mol. The normalized spacial score (nSPS) is 28.2. The fraction of sp³-hybridized carbons (Fsp3) is 0.667. The van der Waals surface area contributed by atoms with Gasteiger partial charge in [0.2, 0.25) is 0 Å². The van der Waals surface area contributed by atoms with Gasteiger partial charge in [-0.2, -0.15) is 11.8 Å². The molecular formula is C9H12ClNS2. The van der Waals surface area contributed by atoms with E-state index in [4.69, 9.17) is 11.6 Å². The Hall–Kier alpha value is 0.270. The van der Waals surface area contributed by atoms with Crippen LogP contribution in [0.2, 0.25) is 0 Å². The topological polar surface area (TPSA) is 12.9 Å². The van der Waals surface area contributed by atoms with Crippen LogP contribution < -0.4 is 0 Å². The number of thiazole rings is 1. The molecule has 1 aromatic heterocycles. The average Bonchev–Trinajstić information content (AvgIpc) is 2.64. The molecule has 72 valence electrons. The molecule has 1 saturated heterocycles. The summed E-state index contributed by atoms with van der Waals surface area (Å²) in [5.41, 5.74) is 1.22. The molecule has 0 spiro atoms. The highest BCUT2D eigenvalue weighted by Crippen LogP contribution is 2.31. The van der Waals surface area contributed by atoms with Gasteiger partial charge in [0.15, 0.2) is 0 Å². The van der Waals surface area contributed by atoms with Crippen LogP contribution in [-0.2, 0) is 6.42 Å². The maximum absolute atomic E-state index is 6.19. The van der Waals surface area contributed by atoms with E-state index < -0.39 is 0 Å². The lowest BCUT2D eigenvalue weighted by atomic mass is 10.0. The van der Waals surface area contributed by atoms with Gasteiger partial charge >= 0.3 is 0 Å². The van der Waals surface area contributed by atoms with Gasteiger partial charge in [-0.3, -0.25) is 0 Å². The molecular weight excluding hydrogens is 222 g/mol. The highest BCUT2D eigenvalue weighted by molar-refractivity contribution is 7.99. The van der Waals surface area contributed by atoms with Crippen molar-refractivity contribution >= 4 is 34.7 Å². The van der Waals surface area contributed by atoms with Crippen LogP contribution in [0.5, 0.6) is 0 Å². The Morgan fingerprint density at radius 2 is 2.46 bits per heavy atom. The minimum atomic E-state index is 0.354. The quantitative estimate of drug-likeness (QED) is 0.729. The van der Waals surface area contributed by atoms with Gasteiger partial charge in [0.25, 0.3) is 0 Å². The van der Waals surface area contributed by atoms with Crippen molar-refractivity contribution in [2.45, 2.75) is 18.7 Å². The zero-order chi connectivity index (χ0) is 9.26. The Labute approximate surface area is 91.9 Å². The van der Waals surface area contributed by atoms with Gasteiger partial charge in [-0.15, -0.1) is 22.9 Å². The van der Waals surface area contributed by atoms with Crippen LogP contribution in [-0.4, -0.2) is 21.9 Å². The van der Waals surface area contributed by atoms with Gasteiger partial charge in [0, 0.05) is 16.5 Å². The highest BCUT2D eigenvalue weighted by atomic mass is 35.5. The van der Waals surface area contributed by atoms with Crippen molar-refractivity contribution in [2.24, 2.45) is 5.92 Å². The van der Waals surface area contributed by atoms with E-state index in [0.29, 0.717) is 11.3 Å². The van der Waals surface area contributed by atoms with Crippen molar-refractivity contribution in [1.82, 2.24) is 4.98 Å². The number of hydrogen-bond acceptors (Lipinski definition) is 3. The number of hydrogen-bond donors (Lipinski definition) is 0. The third-order valence-corrected chi connectivity index (χ3v) is 5.03. The van der Waals surface area contributed by atoms with Gasteiger partial charge in [-0.1, -0.05) is 0 Å². The Balaban J connectivity index is 1.97. The summed E-state index contributed by atoms with van der Waals surface area (Å²) in [6, 6.07) is 0. The summed E-state index contributed by atoms with van der Waals surface area (Å²) < 4.78 is 0. The summed E-state index contributed by atoms with van der Waals surface area (Å²) in [4.78, 5) is 4.46. The van der Waals surface area contributed by atoms with Crippen LogP contribution in [0.3, 0.4) is 0 Å². The lowest BCUT2D eigenvalue weighted by Crippen LogP contribution is -2.14. The number of rotatable bonds is 2. The number of thioether (sulfide) groups is 1. The molecule has 0 N–H and O–H groups in total. The van der Waals surface area contributed by atoms with E-state index in [2.05, 4.69) is 17.3 Å². The third kappa shape index (κ3) is 2.39. The maximum atomic E-state index is 6.19. The van der Waals surface area contributed by atoms with Crippen molar-refractivity contribution in [3.05, 3.63) is 16.1 Å². The zero-order valence-corrected chi connectivity index (χ0v) is 9.88. The van der Waals surface area contributed by atoms with Crippen molar-refractivity contribution < 1.29 is 0 Å². The SMILES string of the molecule is Cc1nc(CC2CSCC2Cl)cs1. The molecule has 2 heterocycles. The van der Waals surface area contributed by atoms with Crippen molar-refractivity contribution in [3.63, 3.8) is 0 Å². The lowest BCUT2D eigenvalue weighted by Gasteiger charge is -2.09. The smallest absolute Gasteiger partial charge is 0.0897 e. The molecule has 4 heteroatoms. The second-order valence-corrected chi connectivity index (χ2v) is 6.07. The van der Waals surface area contributed by atoms with Crippen molar-refractivity contribution in [2.75, 3.05) is 11.5 Å². The van der Waals surface area contributed by atoms with Crippen LogP contribution in [0.25, 0.3) is 0 Å². The summed E-state index contributed by atoms with van der Waals surface area (Å²) in [5.74, 6) is 2.94. The largest absolute Gasteiger partial charge is 0.247 e. The number of nitrogens with zero attached hydrogens (tertiary/aromatic N) is 1. The molecule has 1 nitrogen and oxygen atoms in total. The maximum Gasteiger partial charge on any atom is 0.0897 e. The Bertz CT molecular complexity index is 287. The number of halogens is 1. The third-order valence-electron chi connectivity index (χ3n) is 2.26. The number of aromatic nitrogens is 1. The molecule has 0 bridgehead atoms. The minimum absolute atomic E-state index is 0.354. The molecule has 1 aliphatic heterocycles. The van der Waals surface area contributed by atoms with Crippen molar-refractivity contribution in [3.8, 4) is 0 Å². The van der Waals surface area contributed by atoms with Crippen LogP contribution in [0.4, 0.5) is 0 Å². The van der Waals surface area contributed by atoms with Crippen LogP contribution in [0.15, 0.2) is 5.38 Å². The Kier molecular flexibility index (Phi) is 3.17. The van der Waals surface area contributed by atoms with E-state index >= 15 is 0 Å².